The largest absolute Gasteiger partial charge is 0.385 e. The summed E-state index contributed by atoms with van der Waals surface area (Å²) in [6, 6.07) is 12.3. The number of aromatic nitrogens is 3. The van der Waals surface area contributed by atoms with Gasteiger partial charge in [-0.1, -0.05) is 6.07 Å². The summed E-state index contributed by atoms with van der Waals surface area (Å²) in [7, 11) is 5.16. The normalized spacial score (nSPS) is 22.7. The van der Waals surface area contributed by atoms with E-state index in [9.17, 15) is 19.2 Å². The molecule has 2 atom stereocenters. The van der Waals surface area contributed by atoms with Crippen LogP contribution in [0.4, 0.5) is 48.7 Å². The molecule has 5 aliphatic heterocycles. The SMILES string of the molecule is CNc1cc(N2CCc3c(N4CC(OC5CCN(C6CCN(c7ccc(N(C)C8CCC(=O)NC8=O)c(N(C)C=O)c7)CC6(F)F)CC5)C4)cccc32)nn2c(C(=O)NC3CC3)cnc12. The van der Waals surface area contributed by atoms with E-state index in [-0.39, 0.29) is 42.9 Å². The molecule has 0 radical (unpaired) electrons. The number of hydrogen-bond donors (Lipinski definition) is 3. The number of ether oxygens (including phenoxy) is 1. The maximum Gasteiger partial charge on any atom is 0.280 e. The number of likely N-dealkylation sites (tertiary alicyclic amines) is 1. The van der Waals surface area contributed by atoms with Gasteiger partial charge < -0.3 is 39.9 Å². The molecule has 2 unspecified atom stereocenters. The molecular weight excluding hydrogens is 839 g/mol. The van der Waals surface area contributed by atoms with Crippen molar-refractivity contribution in [1.82, 2.24) is 30.1 Å². The number of benzene rings is 2. The highest BCUT2D eigenvalue weighted by Crippen LogP contribution is 2.43. The lowest BCUT2D eigenvalue weighted by atomic mass is 9.95. The van der Waals surface area contributed by atoms with E-state index >= 15 is 8.78 Å². The third kappa shape index (κ3) is 8.17. The number of likely N-dealkylation sites (N-methyl/N-ethyl adjacent to an activating group) is 1. The van der Waals surface area contributed by atoms with Crippen LogP contribution in [0.1, 0.15) is 61.0 Å². The van der Waals surface area contributed by atoms with Crippen molar-refractivity contribution >= 4 is 69.7 Å². The Morgan fingerprint density at radius 2 is 1.71 bits per heavy atom. The molecule has 65 heavy (non-hydrogen) atoms. The van der Waals surface area contributed by atoms with Gasteiger partial charge in [0.25, 0.3) is 11.8 Å². The zero-order valence-corrected chi connectivity index (χ0v) is 37.0. The van der Waals surface area contributed by atoms with Crippen LogP contribution in [0, 0.1) is 0 Å². The summed E-state index contributed by atoms with van der Waals surface area (Å²) >= 11 is 0. The number of nitrogens with zero attached hydrogens (tertiary/aromatic N) is 9. The highest BCUT2D eigenvalue weighted by Gasteiger charge is 2.48. The van der Waals surface area contributed by atoms with Crippen molar-refractivity contribution in [3.63, 3.8) is 0 Å². The minimum Gasteiger partial charge on any atom is -0.385 e. The number of piperidine rings is 3. The van der Waals surface area contributed by atoms with Crippen molar-refractivity contribution in [2.45, 2.75) is 87.6 Å². The van der Waals surface area contributed by atoms with Crippen LogP contribution in [0.5, 0.6) is 0 Å². The summed E-state index contributed by atoms with van der Waals surface area (Å²) in [5, 5.41) is 13.6. The van der Waals surface area contributed by atoms with Crippen molar-refractivity contribution < 1.29 is 32.7 Å². The van der Waals surface area contributed by atoms with Gasteiger partial charge in [-0.3, -0.25) is 29.4 Å². The van der Waals surface area contributed by atoms with Crippen LogP contribution in [0.25, 0.3) is 5.65 Å². The molecule has 3 N–H and O–H groups in total. The summed E-state index contributed by atoms with van der Waals surface area (Å²) in [6.45, 7) is 3.32. The van der Waals surface area contributed by atoms with Crippen LogP contribution in [0.3, 0.4) is 0 Å². The van der Waals surface area contributed by atoms with E-state index in [4.69, 9.17) is 9.84 Å². The van der Waals surface area contributed by atoms with Gasteiger partial charge >= 0.3 is 0 Å². The number of carbonyl (C=O) groups excluding carboxylic acids is 4. The van der Waals surface area contributed by atoms with Crippen LogP contribution < -0.4 is 40.4 Å². The second-order valence-electron chi connectivity index (χ2n) is 18.3. The Morgan fingerprint density at radius 1 is 0.923 bits per heavy atom. The Hall–Kier alpha value is -6.08. The summed E-state index contributed by atoms with van der Waals surface area (Å²) in [5.41, 5.74) is 6.95. The summed E-state index contributed by atoms with van der Waals surface area (Å²) < 4.78 is 40.4. The average Bonchev–Trinajstić information content (AvgIpc) is 3.82. The van der Waals surface area contributed by atoms with Crippen molar-refractivity contribution in [2.75, 3.05) is 96.8 Å². The molecule has 6 aliphatic rings. The Bertz CT molecular complexity index is 2500. The van der Waals surface area contributed by atoms with Gasteiger partial charge in [-0.25, -0.2) is 18.3 Å². The molecule has 2 aromatic carbocycles. The predicted molar refractivity (Wildman–Crippen MR) is 243 cm³/mol. The summed E-state index contributed by atoms with van der Waals surface area (Å²) in [5.74, 6) is -3.14. The smallest absolute Gasteiger partial charge is 0.280 e. The minimum atomic E-state index is -2.97. The number of imide groups is 1. The topological polar surface area (TPSA) is 163 Å². The fraction of sp³-hybridized carbons (Fsp3) is 0.522. The molecule has 4 aromatic rings. The Kier molecular flexibility index (Phi) is 11.2. The molecule has 19 heteroatoms. The van der Waals surface area contributed by atoms with E-state index in [1.165, 1.54) is 16.2 Å². The quantitative estimate of drug-likeness (QED) is 0.132. The lowest BCUT2D eigenvalue weighted by molar-refractivity contribution is -0.134. The van der Waals surface area contributed by atoms with Crippen molar-refractivity contribution in [2.24, 2.45) is 0 Å². The van der Waals surface area contributed by atoms with Crippen LogP contribution in [-0.2, 0) is 25.5 Å². The second-order valence-corrected chi connectivity index (χ2v) is 18.3. The number of nitrogens with one attached hydrogen (secondary N) is 3. The van der Waals surface area contributed by atoms with E-state index < -0.39 is 30.5 Å². The number of rotatable bonds is 13. The number of halogens is 2. The van der Waals surface area contributed by atoms with Crippen molar-refractivity contribution in [3.05, 3.63) is 59.9 Å². The van der Waals surface area contributed by atoms with Crippen molar-refractivity contribution in [1.29, 1.82) is 0 Å². The molecule has 1 aliphatic carbocycles. The Morgan fingerprint density at radius 3 is 2.43 bits per heavy atom. The fourth-order valence-corrected chi connectivity index (χ4v) is 10.3. The van der Waals surface area contributed by atoms with E-state index in [1.807, 2.05) is 18.0 Å². The molecule has 4 saturated heterocycles. The van der Waals surface area contributed by atoms with E-state index in [0.29, 0.717) is 73.7 Å². The van der Waals surface area contributed by atoms with E-state index in [1.54, 1.807) is 52.8 Å². The predicted octanol–water partition coefficient (Wildman–Crippen LogP) is 3.78. The highest BCUT2D eigenvalue weighted by atomic mass is 19.3. The van der Waals surface area contributed by atoms with Gasteiger partial charge in [-0.2, -0.15) is 0 Å². The Labute approximate surface area is 376 Å². The molecule has 17 nitrogen and oxygen atoms in total. The molecule has 0 spiro atoms. The number of alkyl halides is 2. The first-order chi connectivity index (χ1) is 31.4. The number of carbonyl (C=O) groups is 4. The fourth-order valence-electron chi connectivity index (χ4n) is 10.3. The number of imidazole rings is 1. The number of hydrogen-bond acceptors (Lipinski definition) is 13. The van der Waals surface area contributed by atoms with E-state index in [2.05, 4.69) is 48.9 Å². The first-order valence-electron chi connectivity index (χ1n) is 22.8. The molecule has 344 valence electrons. The lowest BCUT2D eigenvalue weighted by Crippen LogP contribution is -2.60. The Balaban J connectivity index is 0.733. The van der Waals surface area contributed by atoms with Crippen molar-refractivity contribution in [3.8, 4) is 0 Å². The zero-order valence-electron chi connectivity index (χ0n) is 37.0. The van der Waals surface area contributed by atoms with Gasteiger partial charge in [0.2, 0.25) is 18.2 Å². The molecule has 0 bridgehead atoms. The van der Waals surface area contributed by atoms with Gasteiger partial charge in [0.1, 0.15) is 6.04 Å². The molecule has 5 fully saturated rings. The molecule has 10 rings (SSSR count). The highest BCUT2D eigenvalue weighted by molar-refractivity contribution is 6.02. The van der Waals surface area contributed by atoms with Gasteiger partial charge in [0.05, 0.1) is 48.1 Å². The first kappa shape index (κ1) is 42.8. The molecule has 7 heterocycles. The minimum absolute atomic E-state index is 0.0101. The molecule has 4 amide bonds. The number of amides is 4. The molecule has 2 aromatic heterocycles. The summed E-state index contributed by atoms with van der Waals surface area (Å²) in [4.78, 5) is 65.1. The van der Waals surface area contributed by atoms with Crippen LogP contribution >= 0.6 is 0 Å². The van der Waals surface area contributed by atoms with Crippen LogP contribution in [0.15, 0.2) is 48.7 Å². The third-order valence-electron chi connectivity index (χ3n) is 14.1. The molecular formula is C46H56F2N12O5. The van der Waals surface area contributed by atoms with Gasteiger partial charge in [-0.15, -0.1) is 5.10 Å². The summed E-state index contributed by atoms with van der Waals surface area (Å²) in [6.07, 6.45) is 7.35. The lowest BCUT2D eigenvalue weighted by Gasteiger charge is -2.47. The van der Waals surface area contributed by atoms with Gasteiger partial charge in [-0.05, 0) is 75.3 Å². The maximum atomic E-state index is 16.1. The molecule has 1 saturated carbocycles. The van der Waals surface area contributed by atoms with Gasteiger partial charge in [0.15, 0.2) is 17.2 Å². The number of fused-ring (bicyclic) bond motifs is 2. The first-order valence-corrected chi connectivity index (χ1v) is 22.8. The third-order valence-corrected chi connectivity index (χ3v) is 14.1. The zero-order chi connectivity index (χ0) is 45.1. The van der Waals surface area contributed by atoms with Crippen LogP contribution in [-0.4, -0.2) is 147 Å². The average molecular weight is 895 g/mol. The maximum absolute atomic E-state index is 16.1. The second kappa shape index (κ2) is 17.0. The van der Waals surface area contributed by atoms with Gasteiger partial charge in [0, 0.05) is 102 Å². The number of anilines is 7. The van der Waals surface area contributed by atoms with E-state index in [0.717, 1.165) is 56.1 Å². The van der Waals surface area contributed by atoms with Crippen LogP contribution in [0.2, 0.25) is 0 Å². The monoisotopic (exact) mass is 894 g/mol. The standard InChI is InChI=1S/C46H56F2N12O5/c1-49-33-22-41(53-60-39(23-50-43(33)60)45(64)51-28-7-8-28)59-20-15-32-34(5-4-6-35(32)59)58-24-31(25-58)65-30-13-17-56(18-14-30)40-16-19-57(26-46(40,47)48)29-9-10-36(38(21-29)54(2)27-61)55(3)37-11-12-42(62)52-44(37)63/h4-6,9-10,21-23,27-28,30-31,37,40,49H,7-8,11-20,24-26H2,1-3H3,(H,51,64)(H,52,62,63).